The van der Waals surface area contributed by atoms with Gasteiger partial charge in [0, 0.05) is 10.2 Å². The largest absolute Gasteiger partial charge is 0.594 e. The molecule has 0 N–H and O–H groups in total. The molecule has 0 amide bonds. The van der Waals surface area contributed by atoms with Gasteiger partial charge in [0.1, 0.15) is 0 Å². The van der Waals surface area contributed by atoms with Crippen molar-refractivity contribution in [1.82, 2.24) is 10.3 Å². The lowest BCUT2D eigenvalue weighted by molar-refractivity contribution is -0.805. The molecule has 1 aromatic rings. The molecule has 0 bridgehead atoms. The van der Waals surface area contributed by atoms with E-state index in [-0.39, 0.29) is 9.72 Å². The number of hydrogen-bond acceptors (Lipinski definition) is 11. The first kappa shape index (κ1) is 17.8. The predicted octanol–water partition coefficient (Wildman–Crippen LogP) is 1.28. The molecule has 0 saturated carbocycles. The Kier molecular flexibility index (Phi) is 4.53. The fourth-order valence-electron chi connectivity index (χ4n) is 0.862. The van der Waals surface area contributed by atoms with Crippen molar-refractivity contribution in [2.75, 3.05) is 0 Å². The topological polar surface area (TPSA) is 202 Å². The Morgan fingerprint density at radius 2 is 1.13 bits per heavy atom. The van der Waals surface area contributed by atoms with Crippen molar-refractivity contribution in [2.45, 2.75) is 39.0 Å². The van der Waals surface area contributed by atoms with Crippen LogP contribution in [0.25, 0.3) is 0 Å². The van der Waals surface area contributed by atoms with Gasteiger partial charge in [-0.2, -0.15) is 0 Å². The van der Waals surface area contributed by atoms with Crippen molar-refractivity contribution in [2.24, 2.45) is 10.2 Å². The van der Waals surface area contributed by atoms with Crippen LogP contribution >= 0.6 is 0 Å². The van der Waals surface area contributed by atoms with E-state index in [2.05, 4.69) is 25.2 Å². The molecule has 0 spiro atoms. The molecule has 23 heavy (non-hydrogen) atoms. The lowest BCUT2D eigenvalue weighted by Gasteiger charge is -2.11. The molecule has 0 aliphatic carbocycles. The Morgan fingerprint density at radius 3 is 1.39 bits per heavy atom. The lowest BCUT2D eigenvalue weighted by atomic mass is 10.3. The molecule has 0 unspecified atom stereocenters. The predicted molar refractivity (Wildman–Crippen MR) is 67.9 cm³/mol. The van der Waals surface area contributed by atoms with Gasteiger partial charge in [0.05, 0.1) is 37.5 Å². The van der Waals surface area contributed by atoms with Crippen LogP contribution in [0.2, 0.25) is 0 Å². The highest BCUT2D eigenvalue weighted by atomic mass is 16.7. The van der Waals surface area contributed by atoms with E-state index in [4.69, 9.17) is 0 Å². The number of hydroxylamine groups is 2. The van der Waals surface area contributed by atoms with Crippen LogP contribution in [0, 0.1) is 30.6 Å². The summed E-state index contributed by atoms with van der Waals surface area (Å²) in [6.45, 7) is 3.90. The highest BCUT2D eigenvalue weighted by molar-refractivity contribution is 5.46. The minimum absolute atomic E-state index is 0.292. The molecule has 0 saturated heterocycles. The fraction of sp³-hybridized carbons (Fsp3) is 0.750. The van der Waals surface area contributed by atoms with Crippen molar-refractivity contribution >= 4 is 11.6 Å². The first-order valence-electron chi connectivity index (χ1n) is 5.90. The highest BCUT2D eigenvalue weighted by Gasteiger charge is 2.44. The third-order valence-electron chi connectivity index (χ3n) is 2.66. The second kappa shape index (κ2) is 5.85. The van der Waals surface area contributed by atoms with E-state index in [0.29, 0.717) is 0 Å². The van der Waals surface area contributed by atoms with E-state index in [1.807, 2.05) is 0 Å². The quantitative estimate of drug-likeness (QED) is 0.241. The molecule has 0 atom stereocenters. The van der Waals surface area contributed by atoms with Crippen LogP contribution in [0.4, 0.5) is 11.6 Å². The highest BCUT2D eigenvalue weighted by Crippen LogP contribution is 2.26. The Labute approximate surface area is 127 Å². The SMILES string of the molecule is CC(C)([N+](=O)[O-])[N+]([O-])=Nc1nonc1N=[N+]([O-])C(C)(C)[N+](=O)[O-]. The summed E-state index contributed by atoms with van der Waals surface area (Å²) in [6, 6.07) is 0. The molecule has 15 heteroatoms. The molecule has 0 aliphatic rings. The zero-order valence-electron chi connectivity index (χ0n) is 12.4. The van der Waals surface area contributed by atoms with Crippen molar-refractivity contribution in [3.63, 3.8) is 0 Å². The Hall–Kier alpha value is -3.26. The molecule has 126 valence electrons. The molecule has 0 aliphatic heterocycles. The molecule has 0 fully saturated rings. The van der Waals surface area contributed by atoms with Crippen molar-refractivity contribution in [1.29, 1.82) is 0 Å². The first-order valence-corrected chi connectivity index (χ1v) is 5.90. The van der Waals surface area contributed by atoms with Gasteiger partial charge in [-0.1, -0.05) is 0 Å². The lowest BCUT2D eigenvalue weighted by Crippen LogP contribution is -2.40. The zero-order valence-corrected chi connectivity index (χ0v) is 12.4. The van der Waals surface area contributed by atoms with Crippen LogP contribution in [-0.2, 0) is 0 Å². The Morgan fingerprint density at radius 1 is 0.826 bits per heavy atom. The average Bonchev–Trinajstić information content (AvgIpc) is 2.85. The van der Waals surface area contributed by atoms with Gasteiger partial charge in [0.25, 0.3) is 0 Å². The van der Waals surface area contributed by atoms with Gasteiger partial charge in [-0.3, -0.25) is 20.2 Å². The molecule has 1 aromatic heterocycles. The van der Waals surface area contributed by atoms with Gasteiger partial charge < -0.3 is 10.4 Å². The molecular weight excluding hydrogens is 320 g/mol. The van der Waals surface area contributed by atoms with E-state index in [1.165, 1.54) is 0 Å². The van der Waals surface area contributed by atoms with Crippen molar-refractivity contribution < 1.29 is 24.2 Å². The van der Waals surface area contributed by atoms with Gasteiger partial charge >= 0.3 is 23.0 Å². The van der Waals surface area contributed by atoms with Gasteiger partial charge in [-0.15, -0.1) is 0 Å². The maximum absolute atomic E-state index is 11.7. The third-order valence-corrected chi connectivity index (χ3v) is 2.66. The molecular formula is C8H12N8O7. The van der Waals surface area contributed by atoms with Crippen LogP contribution < -0.4 is 0 Å². The summed E-state index contributed by atoms with van der Waals surface area (Å²) < 4.78 is 4.24. The van der Waals surface area contributed by atoms with Gasteiger partial charge in [0.2, 0.25) is 0 Å². The van der Waals surface area contributed by atoms with E-state index >= 15 is 0 Å². The average molecular weight is 332 g/mol. The summed E-state index contributed by atoms with van der Waals surface area (Å²) >= 11 is 0. The summed E-state index contributed by atoms with van der Waals surface area (Å²) in [6.07, 6.45) is 0. The van der Waals surface area contributed by atoms with Gasteiger partial charge in [-0.05, 0) is 20.0 Å². The van der Waals surface area contributed by atoms with E-state index < -0.39 is 32.8 Å². The van der Waals surface area contributed by atoms with Gasteiger partial charge in [0.15, 0.2) is 0 Å². The maximum atomic E-state index is 11.7. The second-order valence-corrected chi connectivity index (χ2v) is 5.16. The second-order valence-electron chi connectivity index (χ2n) is 5.16. The van der Waals surface area contributed by atoms with Crippen LogP contribution in [-0.4, -0.2) is 41.2 Å². The zero-order chi connectivity index (χ0) is 18.0. The van der Waals surface area contributed by atoms with Crippen molar-refractivity contribution in [3.05, 3.63) is 30.6 Å². The summed E-state index contributed by atoms with van der Waals surface area (Å²) in [5, 5.41) is 57.6. The summed E-state index contributed by atoms with van der Waals surface area (Å²) in [5.41, 5.74) is -4.26. The number of nitrogens with zero attached hydrogens (tertiary/aromatic N) is 8. The van der Waals surface area contributed by atoms with Crippen molar-refractivity contribution in [3.8, 4) is 0 Å². The van der Waals surface area contributed by atoms with Crippen LogP contribution in [0.15, 0.2) is 14.9 Å². The summed E-state index contributed by atoms with van der Waals surface area (Å²) in [7, 11) is 0. The number of hydrogen-bond donors (Lipinski definition) is 0. The summed E-state index contributed by atoms with van der Waals surface area (Å²) in [5.74, 6) is -1.29. The Bertz CT molecular complexity index is 634. The first-order chi connectivity index (χ1) is 10.4. The van der Waals surface area contributed by atoms with Crippen LogP contribution in [0.5, 0.6) is 0 Å². The third kappa shape index (κ3) is 3.50. The number of nitro groups is 2. The van der Waals surface area contributed by atoms with E-state index in [9.17, 15) is 30.6 Å². The van der Waals surface area contributed by atoms with E-state index in [1.54, 1.807) is 0 Å². The number of aromatic nitrogens is 2. The fourth-order valence-corrected chi connectivity index (χ4v) is 0.862. The molecule has 0 radical (unpaired) electrons. The normalized spacial score (nSPS) is 13.9. The molecule has 1 heterocycles. The minimum atomic E-state index is -2.13. The standard InChI is InChI=1S/C8H12N8O7/c1-7(2,15(19)20)13(17)9-5-6(12-23-11-5)10-14(18)8(3,4)16(21)22/h1-4H3. The smallest absolute Gasteiger partial charge is 0.433 e. The van der Waals surface area contributed by atoms with Crippen LogP contribution in [0.3, 0.4) is 0 Å². The maximum Gasteiger partial charge on any atom is 0.433 e. The Balaban J connectivity index is 3.26. The summed E-state index contributed by atoms with van der Waals surface area (Å²) in [4.78, 5) is 19.1. The minimum Gasteiger partial charge on any atom is -0.594 e. The number of azo groups is 2. The van der Waals surface area contributed by atoms with Gasteiger partial charge in [-0.25, -0.2) is 4.63 Å². The number of rotatable bonds is 6. The molecule has 15 nitrogen and oxygen atoms in total. The monoisotopic (exact) mass is 332 g/mol. The van der Waals surface area contributed by atoms with E-state index in [0.717, 1.165) is 27.7 Å². The van der Waals surface area contributed by atoms with Crippen LogP contribution in [0.1, 0.15) is 27.7 Å². The molecule has 1 rings (SSSR count). The molecule has 0 aromatic carbocycles.